The number of thiophene rings is 1. The third kappa shape index (κ3) is 5.25. The minimum absolute atomic E-state index is 0.0935. The minimum atomic E-state index is -0.642. The molecule has 1 N–H and O–H groups in total. The fourth-order valence-electron chi connectivity index (χ4n) is 2.02. The summed E-state index contributed by atoms with van der Waals surface area (Å²) in [5.41, 5.74) is 0.545. The van der Waals surface area contributed by atoms with Crippen LogP contribution >= 0.6 is 11.3 Å². The molecular weight excluding hydrogens is 344 g/mol. The molecule has 8 heteroatoms. The highest BCUT2D eigenvalue weighted by Crippen LogP contribution is 2.24. The van der Waals surface area contributed by atoms with Crippen molar-refractivity contribution in [3.05, 3.63) is 61.8 Å². The summed E-state index contributed by atoms with van der Waals surface area (Å²) in [6.07, 6.45) is 2.86. The van der Waals surface area contributed by atoms with Crippen LogP contribution < -0.4 is 5.32 Å². The van der Waals surface area contributed by atoms with E-state index in [0.717, 1.165) is 9.75 Å². The van der Waals surface area contributed by atoms with Crippen molar-refractivity contribution in [3.8, 4) is 0 Å². The standard InChI is InChI=1S/C17H16N2O5S/c1-11-6-7-13(25-11)8-9-17(21)24-10-16(20)18-14-4-3-5-15(12(14)2)19(22)23/h3-9H,10H2,1-2H3,(H,18,20)/b9-8+. The van der Waals surface area contributed by atoms with Gasteiger partial charge in [0.2, 0.25) is 0 Å². The molecule has 7 nitrogen and oxygen atoms in total. The first-order valence-electron chi connectivity index (χ1n) is 7.32. The molecule has 0 saturated carbocycles. The minimum Gasteiger partial charge on any atom is -0.452 e. The Morgan fingerprint density at radius 3 is 2.68 bits per heavy atom. The summed E-state index contributed by atoms with van der Waals surface area (Å²) in [5, 5.41) is 13.4. The zero-order valence-electron chi connectivity index (χ0n) is 13.6. The first-order valence-corrected chi connectivity index (χ1v) is 8.13. The lowest BCUT2D eigenvalue weighted by atomic mass is 10.1. The summed E-state index contributed by atoms with van der Waals surface area (Å²) >= 11 is 1.53. The average Bonchev–Trinajstić information content (AvgIpc) is 2.98. The molecule has 0 aliphatic rings. The molecule has 130 valence electrons. The van der Waals surface area contributed by atoms with E-state index < -0.39 is 23.4 Å². The van der Waals surface area contributed by atoms with E-state index in [2.05, 4.69) is 5.32 Å². The van der Waals surface area contributed by atoms with Crippen molar-refractivity contribution in [2.45, 2.75) is 13.8 Å². The number of nitro groups is 1. The van der Waals surface area contributed by atoms with Crippen LogP contribution in [0.2, 0.25) is 0 Å². The second kappa shape index (κ2) is 8.20. The number of ether oxygens (including phenoxy) is 1. The maximum Gasteiger partial charge on any atom is 0.331 e. The van der Waals surface area contributed by atoms with Gasteiger partial charge < -0.3 is 10.1 Å². The number of nitrogens with one attached hydrogen (secondary N) is 1. The molecule has 0 unspecified atom stereocenters. The molecule has 0 saturated heterocycles. The normalized spacial score (nSPS) is 10.6. The van der Waals surface area contributed by atoms with Crippen molar-refractivity contribution < 1.29 is 19.2 Å². The summed E-state index contributed by atoms with van der Waals surface area (Å²) in [7, 11) is 0. The van der Waals surface area contributed by atoms with Gasteiger partial charge in [-0.05, 0) is 38.1 Å². The Morgan fingerprint density at radius 1 is 1.28 bits per heavy atom. The molecule has 1 amide bonds. The van der Waals surface area contributed by atoms with Crippen LogP contribution in [-0.2, 0) is 14.3 Å². The number of amides is 1. The SMILES string of the molecule is Cc1ccc(/C=C/C(=O)OCC(=O)Nc2cccc([N+](=O)[O-])c2C)s1. The first kappa shape index (κ1) is 18.3. The quantitative estimate of drug-likeness (QED) is 0.368. The Bertz CT molecular complexity index is 841. The average molecular weight is 360 g/mol. The number of hydrogen-bond donors (Lipinski definition) is 1. The van der Waals surface area contributed by atoms with E-state index in [1.54, 1.807) is 12.1 Å². The van der Waals surface area contributed by atoms with Crippen LogP contribution in [-0.4, -0.2) is 23.4 Å². The Kier molecular flexibility index (Phi) is 6.02. The number of benzene rings is 1. The molecule has 0 atom stereocenters. The van der Waals surface area contributed by atoms with Gasteiger partial charge in [0.05, 0.1) is 16.2 Å². The van der Waals surface area contributed by atoms with E-state index in [4.69, 9.17) is 4.74 Å². The summed E-state index contributed by atoms with van der Waals surface area (Å²) < 4.78 is 4.86. The van der Waals surface area contributed by atoms with Crippen LogP contribution in [0.3, 0.4) is 0 Å². The van der Waals surface area contributed by atoms with Gasteiger partial charge >= 0.3 is 5.97 Å². The molecule has 2 aromatic rings. The number of aryl methyl sites for hydroxylation is 1. The molecule has 0 radical (unpaired) electrons. The van der Waals surface area contributed by atoms with Gasteiger partial charge in [0.1, 0.15) is 0 Å². The fraction of sp³-hybridized carbons (Fsp3) is 0.176. The number of anilines is 1. The Labute approximate surface area is 148 Å². The lowest BCUT2D eigenvalue weighted by Gasteiger charge is -2.08. The van der Waals surface area contributed by atoms with Gasteiger partial charge in [0.25, 0.3) is 11.6 Å². The Morgan fingerprint density at radius 2 is 2.04 bits per heavy atom. The predicted molar refractivity (Wildman–Crippen MR) is 95.5 cm³/mol. The van der Waals surface area contributed by atoms with Gasteiger partial charge in [0.15, 0.2) is 6.61 Å². The van der Waals surface area contributed by atoms with Gasteiger partial charge in [0, 0.05) is 21.9 Å². The van der Waals surface area contributed by atoms with Gasteiger partial charge in [-0.2, -0.15) is 0 Å². The number of esters is 1. The van der Waals surface area contributed by atoms with E-state index >= 15 is 0 Å². The number of nitrogens with zero attached hydrogens (tertiary/aromatic N) is 1. The molecule has 1 heterocycles. The van der Waals surface area contributed by atoms with Crippen molar-refractivity contribution in [2.24, 2.45) is 0 Å². The number of hydrogen-bond acceptors (Lipinski definition) is 6. The molecule has 0 aliphatic heterocycles. The van der Waals surface area contributed by atoms with Crippen LogP contribution in [0, 0.1) is 24.0 Å². The highest BCUT2D eigenvalue weighted by Gasteiger charge is 2.15. The summed E-state index contributed by atoms with van der Waals surface area (Å²) in [6.45, 7) is 3.01. The topological polar surface area (TPSA) is 98.5 Å². The molecule has 1 aromatic heterocycles. The molecule has 0 bridgehead atoms. The highest BCUT2D eigenvalue weighted by molar-refractivity contribution is 7.12. The predicted octanol–water partition coefficient (Wildman–Crippen LogP) is 3.47. The van der Waals surface area contributed by atoms with Crippen LogP contribution in [0.1, 0.15) is 15.3 Å². The number of nitro benzene ring substituents is 1. The second-order valence-electron chi connectivity index (χ2n) is 5.14. The van der Waals surface area contributed by atoms with Crippen molar-refractivity contribution in [2.75, 3.05) is 11.9 Å². The van der Waals surface area contributed by atoms with E-state index in [0.29, 0.717) is 11.3 Å². The monoisotopic (exact) mass is 360 g/mol. The number of rotatable bonds is 6. The zero-order chi connectivity index (χ0) is 18.4. The number of carbonyl (C=O) groups is 2. The lowest BCUT2D eigenvalue weighted by Crippen LogP contribution is -2.20. The number of carbonyl (C=O) groups excluding carboxylic acids is 2. The summed E-state index contributed by atoms with van der Waals surface area (Å²) in [4.78, 5) is 35.9. The Hall–Kier alpha value is -3.00. The van der Waals surface area contributed by atoms with E-state index in [9.17, 15) is 19.7 Å². The van der Waals surface area contributed by atoms with Gasteiger partial charge in [-0.15, -0.1) is 11.3 Å². The summed E-state index contributed by atoms with van der Waals surface area (Å²) in [5.74, 6) is -1.21. The molecule has 1 aromatic carbocycles. The van der Waals surface area contributed by atoms with Crippen molar-refractivity contribution in [1.29, 1.82) is 0 Å². The lowest BCUT2D eigenvalue weighted by molar-refractivity contribution is -0.385. The third-order valence-corrected chi connectivity index (χ3v) is 4.23. The van der Waals surface area contributed by atoms with Gasteiger partial charge in [-0.1, -0.05) is 6.07 Å². The van der Waals surface area contributed by atoms with Crippen molar-refractivity contribution in [3.63, 3.8) is 0 Å². The largest absolute Gasteiger partial charge is 0.452 e. The second-order valence-corrected chi connectivity index (χ2v) is 6.46. The third-order valence-electron chi connectivity index (χ3n) is 3.27. The zero-order valence-corrected chi connectivity index (χ0v) is 14.5. The van der Waals surface area contributed by atoms with E-state index in [-0.39, 0.29) is 5.69 Å². The van der Waals surface area contributed by atoms with E-state index in [1.807, 2.05) is 19.1 Å². The van der Waals surface area contributed by atoms with Crippen molar-refractivity contribution >= 4 is 40.7 Å². The molecule has 0 aliphatic carbocycles. The van der Waals surface area contributed by atoms with Crippen LogP contribution in [0.15, 0.2) is 36.4 Å². The van der Waals surface area contributed by atoms with Crippen molar-refractivity contribution in [1.82, 2.24) is 0 Å². The molecule has 0 spiro atoms. The first-order chi connectivity index (χ1) is 11.9. The highest BCUT2D eigenvalue weighted by atomic mass is 32.1. The van der Waals surface area contributed by atoms with Gasteiger partial charge in [-0.25, -0.2) is 4.79 Å². The van der Waals surface area contributed by atoms with Crippen LogP contribution in [0.25, 0.3) is 6.08 Å². The fourth-order valence-corrected chi connectivity index (χ4v) is 2.80. The molecular formula is C17H16N2O5S. The molecule has 25 heavy (non-hydrogen) atoms. The Balaban J connectivity index is 1.88. The van der Waals surface area contributed by atoms with Crippen LogP contribution in [0.4, 0.5) is 11.4 Å². The molecule has 0 fully saturated rings. The maximum absolute atomic E-state index is 11.8. The molecule has 2 rings (SSSR count). The smallest absolute Gasteiger partial charge is 0.331 e. The summed E-state index contributed by atoms with van der Waals surface area (Å²) in [6, 6.07) is 8.17. The maximum atomic E-state index is 11.8. The van der Waals surface area contributed by atoms with Crippen LogP contribution in [0.5, 0.6) is 0 Å². The van der Waals surface area contributed by atoms with E-state index in [1.165, 1.54) is 36.5 Å². The van der Waals surface area contributed by atoms with Gasteiger partial charge in [-0.3, -0.25) is 14.9 Å².